The molecule has 7 rings (SSSR count). The smallest absolute Gasteiger partial charge is 0.475 e. The molecule has 4 aliphatic rings. The highest BCUT2D eigenvalue weighted by atomic mass is 19.4. The Balaban J connectivity index is 0.000000338. The average molecular weight is 505 g/mol. The van der Waals surface area contributed by atoms with Crippen molar-refractivity contribution >= 4 is 34.3 Å². The van der Waals surface area contributed by atoms with Crippen LogP contribution in [0.3, 0.4) is 0 Å². The number of halogens is 3. The molecule has 4 saturated carbocycles. The van der Waals surface area contributed by atoms with Crippen LogP contribution in [0.25, 0.3) is 10.9 Å². The maximum atomic E-state index is 10.9. The number of aryl methyl sites for hydroxylation is 1. The van der Waals surface area contributed by atoms with Crippen molar-refractivity contribution in [2.75, 3.05) is 10.6 Å². The predicted molar refractivity (Wildman–Crippen MR) is 126 cm³/mol. The summed E-state index contributed by atoms with van der Waals surface area (Å²) in [4.78, 5) is 18.3. The van der Waals surface area contributed by atoms with Gasteiger partial charge in [-0.25, -0.2) is 9.78 Å². The molecule has 0 saturated heterocycles. The fraction of sp³-hybridized carbons (Fsp3) is 0.500. The van der Waals surface area contributed by atoms with E-state index in [0.717, 1.165) is 53.3 Å². The van der Waals surface area contributed by atoms with E-state index < -0.39 is 17.7 Å². The highest BCUT2D eigenvalue weighted by Crippen LogP contribution is 2.56. The number of carbonyl (C=O) groups is 1. The number of nitrogens with one attached hydrogen (secondary N) is 3. The van der Waals surface area contributed by atoms with Crippen molar-refractivity contribution in [1.82, 2.24) is 20.2 Å². The van der Waals surface area contributed by atoms with Crippen LogP contribution in [0.15, 0.2) is 30.5 Å². The Morgan fingerprint density at radius 1 is 1.17 bits per heavy atom. The summed E-state index contributed by atoms with van der Waals surface area (Å²) in [5.41, 5.74) is 1.48. The van der Waals surface area contributed by atoms with Gasteiger partial charge in [0.25, 0.3) is 0 Å². The molecule has 0 aliphatic heterocycles. The summed E-state index contributed by atoms with van der Waals surface area (Å²) in [5.74, 6) is 1.32. The molecule has 2 unspecified atom stereocenters. The van der Waals surface area contributed by atoms with E-state index in [0.29, 0.717) is 23.8 Å². The molecule has 9 nitrogen and oxygen atoms in total. The topological polar surface area (TPSA) is 136 Å². The number of aliphatic carboxylic acids is 1. The third kappa shape index (κ3) is 4.95. The lowest BCUT2D eigenvalue weighted by molar-refractivity contribution is -0.192. The number of carboxylic acids is 1. The van der Waals surface area contributed by atoms with E-state index in [-0.39, 0.29) is 0 Å². The molecule has 0 spiro atoms. The molecule has 4 bridgehead atoms. The minimum atomic E-state index is -5.08. The van der Waals surface area contributed by atoms with Crippen molar-refractivity contribution in [3.63, 3.8) is 0 Å². The van der Waals surface area contributed by atoms with Crippen molar-refractivity contribution in [3.05, 3.63) is 36.2 Å². The summed E-state index contributed by atoms with van der Waals surface area (Å²) in [6.45, 7) is 1.97. The van der Waals surface area contributed by atoms with Crippen LogP contribution in [0, 0.1) is 24.7 Å². The third-order valence-corrected chi connectivity index (χ3v) is 7.35. The van der Waals surface area contributed by atoms with Crippen LogP contribution in [0.4, 0.5) is 30.6 Å². The SMILES string of the molecule is Cc1cc(Nc2cc3ncccc3c(NC3C4CC5CC3CC(O)(C5)C4)n2)n[nH]1.O=C(O)C(F)(F)F. The first-order valence-electron chi connectivity index (χ1n) is 11.8. The van der Waals surface area contributed by atoms with Crippen molar-refractivity contribution in [1.29, 1.82) is 0 Å². The number of hydrogen-bond acceptors (Lipinski definition) is 7. The zero-order valence-corrected chi connectivity index (χ0v) is 19.5. The number of rotatable bonds is 4. The number of H-pyrrole nitrogens is 1. The third-order valence-electron chi connectivity index (χ3n) is 7.35. The second-order valence-corrected chi connectivity index (χ2v) is 10.2. The van der Waals surface area contributed by atoms with E-state index >= 15 is 0 Å². The summed E-state index contributed by atoms with van der Waals surface area (Å²) in [6.07, 6.45) is 2.00. The number of hydrogen-bond donors (Lipinski definition) is 5. The number of anilines is 3. The first kappa shape index (κ1) is 24.3. The van der Waals surface area contributed by atoms with E-state index in [1.54, 1.807) is 0 Å². The Morgan fingerprint density at radius 2 is 1.86 bits per heavy atom. The molecule has 3 aromatic heterocycles. The molecule has 36 heavy (non-hydrogen) atoms. The molecular weight excluding hydrogens is 477 g/mol. The first-order valence-corrected chi connectivity index (χ1v) is 11.8. The summed E-state index contributed by atoms with van der Waals surface area (Å²) < 4.78 is 31.7. The molecule has 2 atom stereocenters. The zero-order valence-electron chi connectivity index (χ0n) is 19.5. The predicted octanol–water partition coefficient (Wildman–Crippen LogP) is 4.39. The van der Waals surface area contributed by atoms with E-state index in [2.05, 4.69) is 31.9 Å². The molecule has 12 heteroatoms. The minimum Gasteiger partial charge on any atom is -0.475 e. The summed E-state index contributed by atoms with van der Waals surface area (Å²) in [5, 5.41) is 33.3. The van der Waals surface area contributed by atoms with Gasteiger partial charge in [0.2, 0.25) is 0 Å². The van der Waals surface area contributed by atoms with Gasteiger partial charge in [-0.15, -0.1) is 0 Å². The molecule has 0 radical (unpaired) electrons. The molecule has 192 valence electrons. The lowest BCUT2D eigenvalue weighted by Gasteiger charge is -2.58. The number of aromatic nitrogens is 4. The Kier molecular flexibility index (Phi) is 6.01. The Morgan fingerprint density at radius 3 is 2.44 bits per heavy atom. The fourth-order valence-electron chi connectivity index (χ4n) is 6.24. The quantitative estimate of drug-likeness (QED) is 0.353. The molecule has 0 amide bonds. The van der Waals surface area contributed by atoms with E-state index in [9.17, 15) is 18.3 Å². The van der Waals surface area contributed by atoms with Gasteiger partial charge in [0.1, 0.15) is 11.6 Å². The largest absolute Gasteiger partial charge is 0.490 e. The van der Waals surface area contributed by atoms with Gasteiger partial charge in [-0.05, 0) is 68.9 Å². The van der Waals surface area contributed by atoms with Crippen LogP contribution < -0.4 is 10.6 Å². The Bertz CT molecular complexity index is 1260. The molecule has 3 heterocycles. The first-order chi connectivity index (χ1) is 17.0. The van der Waals surface area contributed by atoms with Crippen LogP contribution in [0.5, 0.6) is 0 Å². The van der Waals surface area contributed by atoms with Crippen LogP contribution in [-0.2, 0) is 4.79 Å². The highest BCUT2D eigenvalue weighted by Gasteiger charge is 2.54. The number of alkyl halides is 3. The summed E-state index contributed by atoms with van der Waals surface area (Å²) in [7, 11) is 0. The van der Waals surface area contributed by atoms with Gasteiger partial charge in [-0.2, -0.15) is 18.3 Å². The van der Waals surface area contributed by atoms with Crippen molar-refractivity contribution in [2.45, 2.75) is 56.8 Å². The highest BCUT2D eigenvalue weighted by molar-refractivity contribution is 5.91. The van der Waals surface area contributed by atoms with Gasteiger partial charge >= 0.3 is 12.1 Å². The van der Waals surface area contributed by atoms with Gasteiger partial charge in [0.05, 0.1) is 11.1 Å². The lowest BCUT2D eigenvalue weighted by Crippen LogP contribution is -2.59. The van der Waals surface area contributed by atoms with E-state index in [4.69, 9.17) is 14.9 Å². The molecular formula is C24H27F3N6O3. The summed E-state index contributed by atoms with van der Waals surface area (Å²) >= 11 is 0. The fourth-order valence-corrected chi connectivity index (χ4v) is 6.24. The number of nitrogens with zero attached hydrogens (tertiary/aromatic N) is 3. The van der Waals surface area contributed by atoms with Gasteiger partial charge < -0.3 is 20.8 Å². The lowest BCUT2D eigenvalue weighted by atomic mass is 9.52. The van der Waals surface area contributed by atoms with Crippen molar-refractivity contribution < 1.29 is 28.2 Å². The molecule has 5 N–H and O–H groups in total. The second-order valence-electron chi connectivity index (χ2n) is 10.2. The average Bonchev–Trinajstić information content (AvgIpc) is 3.19. The van der Waals surface area contributed by atoms with Crippen LogP contribution in [0.2, 0.25) is 0 Å². The van der Waals surface area contributed by atoms with Gasteiger partial charge in [0.15, 0.2) is 5.82 Å². The monoisotopic (exact) mass is 504 g/mol. The Labute approximate surface area is 204 Å². The van der Waals surface area contributed by atoms with Gasteiger partial charge in [0, 0.05) is 35.5 Å². The number of pyridine rings is 2. The molecule has 4 aliphatic carbocycles. The number of carboxylic acid groups (broad SMARTS) is 1. The maximum Gasteiger partial charge on any atom is 0.490 e. The molecule has 3 aromatic rings. The summed E-state index contributed by atoms with van der Waals surface area (Å²) in [6, 6.07) is 8.31. The normalized spacial score (nSPS) is 28.5. The standard InChI is InChI=1S/C22H26N6O.C2HF3O2/c1-12-5-19(28-27-12)24-18-8-17-16(3-2-4-23-17)21(25-18)26-20-14-6-13-7-15(20)11-22(29,9-13)10-14;3-2(4,5)1(6)7/h2-5,8,13-15,20,29H,6-7,9-11H2,1H3,(H3,24,25,26,27,28);(H,6,7). The van der Waals surface area contributed by atoms with Crippen LogP contribution in [0.1, 0.15) is 37.8 Å². The van der Waals surface area contributed by atoms with Crippen LogP contribution in [-0.4, -0.2) is 54.2 Å². The maximum absolute atomic E-state index is 10.9. The number of fused-ring (bicyclic) bond motifs is 1. The number of aliphatic hydroxyl groups is 1. The van der Waals surface area contributed by atoms with Crippen LogP contribution >= 0.6 is 0 Å². The minimum absolute atomic E-state index is 0.366. The van der Waals surface area contributed by atoms with Gasteiger partial charge in [-0.1, -0.05) is 0 Å². The van der Waals surface area contributed by atoms with Gasteiger partial charge in [-0.3, -0.25) is 10.1 Å². The molecule has 4 fully saturated rings. The zero-order chi connectivity index (χ0) is 25.7. The number of aromatic amines is 1. The van der Waals surface area contributed by atoms with E-state index in [1.165, 1.54) is 12.8 Å². The molecule has 0 aromatic carbocycles. The Hall–Kier alpha value is -3.41. The second kappa shape index (κ2) is 8.91. The van der Waals surface area contributed by atoms with E-state index in [1.807, 2.05) is 31.3 Å². The van der Waals surface area contributed by atoms with Crippen molar-refractivity contribution in [3.8, 4) is 0 Å². The van der Waals surface area contributed by atoms with Crippen molar-refractivity contribution in [2.24, 2.45) is 17.8 Å².